The second-order valence-electron chi connectivity index (χ2n) is 11.7. The van der Waals surface area contributed by atoms with Gasteiger partial charge in [0.15, 0.2) is 0 Å². The summed E-state index contributed by atoms with van der Waals surface area (Å²) in [6, 6.07) is 5.31. The first-order valence-corrected chi connectivity index (χ1v) is 18.2. The molecule has 2 aliphatic rings. The molecule has 40 heavy (non-hydrogen) atoms. The van der Waals surface area contributed by atoms with Crippen LogP contribution in [0.4, 0.5) is 4.79 Å². The van der Waals surface area contributed by atoms with Gasteiger partial charge in [0.2, 0.25) is 0 Å². The molecule has 0 bridgehead atoms. The van der Waals surface area contributed by atoms with Crippen molar-refractivity contribution in [2.45, 2.75) is 103 Å². The number of halogens is 1. The number of phenolic OH excluding ortho intramolecular Hbond substituents is 1. The number of nitrogens with one attached hydrogen (secondary N) is 1. The molecule has 0 spiro atoms. The molecule has 2 amide bonds. The van der Waals surface area contributed by atoms with Gasteiger partial charge in [-0.05, 0) is 0 Å². The van der Waals surface area contributed by atoms with Crippen molar-refractivity contribution in [3.63, 3.8) is 0 Å². The van der Waals surface area contributed by atoms with E-state index in [-0.39, 0.29) is 34.8 Å². The second kappa shape index (κ2) is 15.3. The second-order valence-corrected chi connectivity index (χ2v) is 17.5. The van der Waals surface area contributed by atoms with Gasteiger partial charge in [-0.3, -0.25) is 0 Å². The Bertz CT molecular complexity index is 993. The zero-order chi connectivity index (χ0) is 29.3. The Morgan fingerprint density at radius 2 is 1.90 bits per heavy atom. The summed E-state index contributed by atoms with van der Waals surface area (Å²) >= 11 is -2.41. The van der Waals surface area contributed by atoms with E-state index in [2.05, 4.69) is 5.32 Å². The van der Waals surface area contributed by atoms with E-state index in [1.807, 2.05) is 13.0 Å². The summed E-state index contributed by atoms with van der Waals surface area (Å²) in [6.45, 7) is 7.93. The summed E-state index contributed by atoms with van der Waals surface area (Å²) in [6.07, 6.45) is 6.41. The fourth-order valence-electron chi connectivity index (χ4n) is 5.44. The Morgan fingerprint density at radius 3 is 2.52 bits per heavy atom. The molecule has 10 heteroatoms. The third kappa shape index (κ3) is 9.58. The Kier molecular flexibility index (Phi) is 12.5. The molecule has 1 aliphatic heterocycles. The van der Waals surface area contributed by atoms with Crippen molar-refractivity contribution >= 4 is 35.6 Å². The summed E-state index contributed by atoms with van der Waals surface area (Å²) < 4.78 is 13.0. The topological polar surface area (TPSA) is 125 Å². The third-order valence-corrected chi connectivity index (χ3v) is 12.5. The molecule has 3 atom stereocenters. The molecule has 9 nitrogen and oxygen atoms in total. The van der Waals surface area contributed by atoms with Gasteiger partial charge in [-0.1, -0.05) is 0 Å². The van der Waals surface area contributed by atoms with Crippen LogP contribution in [0.25, 0.3) is 0 Å². The third-order valence-electron chi connectivity index (χ3n) is 7.31. The molecule has 1 aromatic rings. The number of aliphatic hydroxyl groups excluding tert-OH is 1. The van der Waals surface area contributed by atoms with Gasteiger partial charge < -0.3 is 0 Å². The molecule has 0 aromatic heterocycles. The van der Waals surface area contributed by atoms with Crippen LogP contribution in [0.1, 0.15) is 79.1 Å². The van der Waals surface area contributed by atoms with Crippen LogP contribution in [0, 0.1) is 9.49 Å². The van der Waals surface area contributed by atoms with Crippen molar-refractivity contribution in [1.29, 1.82) is 0 Å². The van der Waals surface area contributed by atoms with E-state index in [0.29, 0.717) is 36.2 Å². The van der Waals surface area contributed by atoms with Crippen LogP contribution < -0.4 is 5.32 Å². The zero-order valence-corrected chi connectivity index (χ0v) is 26.5. The van der Waals surface area contributed by atoms with Gasteiger partial charge in [0.05, 0.1) is 0 Å². The van der Waals surface area contributed by atoms with Crippen LogP contribution in [0.15, 0.2) is 24.3 Å². The SMILES string of the molecule is CCI(C(=O)N[C@@H](CC1CCCCC1)C(=O)N1CC(OCCCO)C[C@H]1C(=O)OC(C)(C)C)c1cccc(O)c1. The number of aromatic hydroxyl groups is 1. The summed E-state index contributed by atoms with van der Waals surface area (Å²) in [5, 5.41) is 22.3. The van der Waals surface area contributed by atoms with E-state index < -0.39 is 43.5 Å². The number of rotatable bonds is 12. The fraction of sp³-hybridized carbons (Fsp3) is 0.700. The van der Waals surface area contributed by atoms with Crippen LogP contribution in [0.2, 0.25) is 0 Å². The Hall–Kier alpha value is -1.92. The number of amides is 2. The number of esters is 1. The van der Waals surface area contributed by atoms with E-state index >= 15 is 0 Å². The van der Waals surface area contributed by atoms with Crippen molar-refractivity contribution in [2.75, 3.05) is 24.2 Å². The first-order valence-electron chi connectivity index (χ1n) is 14.5. The van der Waals surface area contributed by atoms with Gasteiger partial charge in [0.1, 0.15) is 0 Å². The van der Waals surface area contributed by atoms with E-state index in [1.54, 1.807) is 43.9 Å². The maximum absolute atomic E-state index is 14.2. The summed E-state index contributed by atoms with van der Waals surface area (Å²) in [4.78, 5) is 42.7. The number of carbonyl (C=O) groups is 3. The molecule has 0 radical (unpaired) electrons. The number of hydrogen-bond acceptors (Lipinski definition) is 7. The Balaban J connectivity index is 1.85. The van der Waals surface area contributed by atoms with Gasteiger partial charge in [0.25, 0.3) is 0 Å². The van der Waals surface area contributed by atoms with E-state index in [4.69, 9.17) is 14.6 Å². The monoisotopic (exact) mass is 674 g/mol. The first kappa shape index (κ1) is 32.6. The molecule has 1 saturated carbocycles. The Labute approximate surface area is 245 Å². The maximum atomic E-state index is 14.2. The van der Waals surface area contributed by atoms with Crippen LogP contribution in [-0.2, 0) is 19.1 Å². The van der Waals surface area contributed by atoms with E-state index in [0.717, 1.165) is 29.3 Å². The van der Waals surface area contributed by atoms with Crippen LogP contribution in [-0.4, -0.2) is 78.9 Å². The molecule has 1 saturated heterocycles. The number of aliphatic hydroxyl groups is 1. The summed E-state index contributed by atoms with van der Waals surface area (Å²) in [5.41, 5.74) is -0.709. The van der Waals surface area contributed by atoms with Gasteiger partial charge in [-0.15, -0.1) is 0 Å². The van der Waals surface area contributed by atoms with Gasteiger partial charge >= 0.3 is 246 Å². The van der Waals surface area contributed by atoms with Crippen LogP contribution in [0.3, 0.4) is 0 Å². The van der Waals surface area contributed by atoms with Crippen molar-refractivity contribution in [3.05, 3.63) is 27.8 Å². The van der Waals surface area contributed by atoms with Gasteiger partial charge in [-0.2, -0.15) is 0 Å². The molecule has 1 heterocycles. The molecule has 1 aliphatic carbocycles. The van der Waals surface area contributed by atoms with Crippen molar-refractivity contribution in [1.82, 2.24) is 10.2 Å². The number of alkyl halides is 1. The number of phenols is 1. The predicted octanol–water partition coefficient (Wildman–Crippen LogP) is 4.85. The number of nitrogens with zero attached hydrogens (tertiary/aromatic N) is 1. The van der Waals surface area contributed by atoms with E-state index in [1.165, 1.54) is 6.42 Å². The minimum atomic E-state index is -2.41. The molecular formula is C30H47IN2O7. The van der Waals surface area contributed by atoms with E-state index in [9.17, 15) is 19.5 Å². The van der Waals surface area contributed by atoms with Crippen LogP contribution >= 0.6 is 19.8 Å². The van der Waals surface area contributed by atoms with Crippen molar-refractivity contribution < 1.29 is 34.1 Å². The van der Waals surface area contributed by atoms with Gasteiger partial charge in [-0.25, -0.2) is 0 Å². The number of likely N-dealkylation sites (tertiary alicyclic amines) is 1. The molecule has 2 fully saturated rings. The average molecular weight is 675 g/mol. The quantitative estimate of drug-likeness (QED) is 0.0724. The number of ether oxygens (including phenoxy) is 2. The van der Waals surface area contributed by atoms with Crippen molar-refractivity contribution in [3.8, 4) is 5.75 Å². The molecule has 1 aromatic carbocycles. The first-order chi connectivity index (χ1) is 19.0. The fourth-order valence-corrected chi connectivity index (χ4v) is 9.67. The normalized spacial score (nSPS) is 21.1. The zero-order valence-electron chi connectivity index (χ0n) is 24.4. The number of carbonyl (C=O) groups excluding carboxylic acids is 3. The predicted molar refractivity (Wildman–Crippen MR) is 162 cm³/mol. The molecule has 226 valence electrons. The Morgan fingerprint density at radius 1 is 1.18 bits per heavy atom. The summed E-state index contributed by atoms with van der Waals surface area (Å²) in [5.74, 6) is -0.295. The molecule has 3 rings (SSSR count). The molecule has 3 N–H and O–H groups in total. The minimum absolute atomic E-state index is 0.00250. The number of hydrogen-bond donors (Lipinski definition) is 3. The number of benzene rings is 1. The molecule has 1 unspecified atom stereocenters. The molecular weight excluding hydrogens is 627 g/mol. The van der Waals surface area contributed by atoms with Crippen LogP contribution in [0.5, 0.6) is 5.75 Å². The standard InChI is InChI=1S/C30H47IN2O7/c1-5-31(22-13-9-14-23(35)18-22)29(38)32-25(17-21-11-7-6-8-12-21)27(36)33-20-24(39-16-10-15-34)19-26(33)28(37)40-30(2,3)4/h9,13-14,18,21,24-26,34-35H,5-8,10-12,15-17,19-20H2,1-4H3,(H,32,38)/t24?,25-,26-/m0/s1. The summed E-state index contributed by atoms with van der Waals surface area (Å²) in [7, 11) is 0. The van der Waals surface area contributed by atoms with Gasteiger partial charge in [0, 0.05) is 0 Å². The average Bonchev–Trinajstić information content (AvgIpc) is 3.33. The van der Waals surface area contributed by atoms with Crippen molar-refractivity contribution in [2.24, 2.45) is 5.92 Å².